The van der Waals surface area contributed by atoms with Gasteiger partial charge in [-0.15, -0.1) is 0 Å². The third-order valence-corrected chi connectivity index (χ3v) is 5.74. The van der Waals surface area contributed by atoms with E-state index in [1.807, 2.05) is 0 Å². The molecule has 28 heteroatoms. The highest BCUT2D eigenvalue weighted by molar-refractivity contribution is 5.82. The summed E-state index contributed by atoms with van der Waals surface area (Å²) in [6.45, 7) is 0. The summed E-state index contributed by atoms with van der Waals surface area (Å²) in [6, 6.07) is 0. The van der Waals surface area contributed by atoms with E-state index in [-0.39, 0.29) is 0 Å². The van der Waals surface area contributed by atoms with Crippen LogP contribution in [0, 0.1) is 0 Å². The molecule has 0 aromatic heterocycles. The molecule has 0 aliphatic rings. The molecule has 4 nitrogen and oxygen atoms in total. The van der Waals surface area contributed by atoms with E-state index in [2.05, 4.69) is 9.78 Å². The van der Waals surface area contributed by atoms with Crippen LogP contribution in [0.15, 0.2) is 0 Å². The predicted octanol–water partition coefficient (Wildman–Crippen LogP) is 9.21. The molecule has 0 aliphatic heterocycles. The van der Waals surface area contributed by atoms with Crippen molar-refractivity contribution in [3.63, 3.8) is 0 Å². The Kier molecular flexibility index (Phi) is 13.1. The standard InChI is InChI=1S/C20H14F24O4/c21-7(3-1-5-11(23,24)25)13(29,30)17(37,38)19(41,42)15(33,34)9(45)47-48-10(46)16(35,36)20(43,44)18(39,40)14(31,32)8(22)4-2-6-12(26,27)28/h7-8H,1-6H2. The van der Waals surface area contributed by atoms with Gasteiger partial charge in [-0.25, -0.2) is 28.1 Å². The van der Waals surface area contributed by atoms with Gasteiger partial charge in [0.25, 0.3) is 0 Å². The fraction of sp³-hybridized carbons (Fsp3) is 0.900. The van der Waals surface area contributed by atoms with Crippen molar-refractivity contribution >= 4 is 11.9 Å². The molecule has 0 rings (SSSR count). The molecule has 0 aromatic rings. The molecule has 2 atom stereocenters. The first-order valence-electron chi connectivity index (χ1n) is 11.7. The predicted molar refractivity (Wildman–Crippen MR) is 101 cm³/mol. The van der Waals surface area contributed by atoms with Crippen molar-refractivity contribution in [1.82, 2.24) is 0 Å². The van der Waals surface area contributed by atoms with Gasteiger partial charge in [-0.05, 0) is 25.7 Å². The van der Waals surface area contributed by atoms with Crippen LogP contribution in [0.25, 0.3) is 0 Å². The monoisotopic (exact) mass is 774 g/mol. The minimum absolute atomic E-state index is 1.86. The lowest BCUT2D eigenvalue weighted by molar-refractivity contribution is -0.385. The summed E-state index contributed by atoms with van der Waals surface area (Å²) in [4.78, 5) is 26.3. The zero-order chi connectivity index (χ0) is 39.0. The van der Waals surface area contributed by atoms with Crippen LogP contribution in [0.2, 0.25) is 0 Å². The molecule has 2 unspecified atom stereocenters. The van der Waals surface area contributed by atoms with Gasteiger partial charge in [0, 0.05) is 12.8 Å². The molecule has 0 aromatic carbocycles. The second-order valence-corrected chi connectivity index (χ2v) is 9.38. The Morgan fingerprint density at radius 2 is 0.646 bits per heavy atom. The van der Waals surface area contributed by atoms with Gasteiger partial charge in [-0.3, -0.25) is 0 Å². The first kappa shape index (κ1) is 45.3. The van der Waals surface area contributed by atoms with Crippen LogP contribution in [0.5, 0.6) is 0 Å². The van der Waals surface area contributed by atoms with Gasteiger partial charge in [0.2, 0.25) is 0 Å². The Morgan fingerprint density at radius 3 is 0.854 bits per heavy atom. The molecule has 0 saturated heterocycles. The lowest BCUT2D eigenvalue weighted by Gasteiger charge is -2.37. The fourth-order valence-electron chi connectivity index (χ4n) is 2.97. The minimum atomic E-state index is -8.04. The third kappa shape index (κ3) is 8.70. The number of rotatable bonds is 16. The lowest BCUT2D eigenvalue weighted by atomic mass is 9.93. The quantitative estimate of drug-likeness (QED) is 0.0893. The van der Waals surface area contributed by atoms with Crippen LogP contribution >= 0.6 is 0 Å². The van der Waals surface area contributed by atoms with Gasteiger partial charge in [0.1, 0.15) is 0 Å². The molecular formula is C20H14F24O4. The molecule has 0 fully saturated rings. The third-order valence-electron chi connectivity index (χ3n) is 5.74. The number of alkyl halides is 24. The van der Waals surface area contributed by atoms with Crippen LogP contribution in [-0.2, 0) is 19.4 Å². The van der Waals surface area contributed by atoms with Gasteiger partial charge < -0.3 is 0 Å². The lowest BCUT2D eigenvalue weighted by Crippen LogP contribution is -2.67. The minimum Gasteiger partial charge on any atom is -0.241 e. The second-order valence-electron chi connectivity index (χ2n) is 9.38. The Bertz CT molecular complexity index is 1020. The molecule has 48 heavy (non-hydrogen) atoms. The van der Waals surface area contributed by atoms with E-state index < -0.39 is 123 Å². The summed E-state index contributed by atoms with van der Waals surface area (Å²) in [6.07, 6.45) is -33.2. The Labute approximate surface area is 248 Å². The normalized spacial score (nSPS) is 16.4. The summed E-state index contributed by atoms with van der Waals surface area (Å²) in [7, 11) is 0. The van der Waals surface area contributed by atoms with Crippen LogP contribution in [0.1, 0.15) is 38.5 Å². The van der Waals surface area contributed by atoms with Crippen LogP contribution in [0.4, 0.5) is 105 Å². The number of carbonyl (C=O) groups is 2. The zero-order valence-corrected chi connectivity index (χ0v) is 22.1. The Hall–Kier alpha value is -2.74. The van der Waals surface area contributed by atoms with Gasteiger partial charge in [0.15, 0.2) is 12.3 Å². The van der Waals surface area contributed by atoms with E-state index in [1.165, 1.54) is 0 Å². The SMILES string of the molecule is O=C(OOC(=O)C(F)(F)C(F)(F)C(F)(F)C(F)(F)C(F)CCCC(F)(F)F)C(F)(F)C(F)(F)C(F)(F)C(F)(F)C(F)CCCC(F)(F)F. The molecular weight excluding hydrogens is 760 g/mol. The van der Waals surface area contributed by atoms with Gasteiger partial charge >= 0.3 is 71.7 Å². The molecule has 0 radical (unpaired) electrons. The summed E-state index contributed by atoms with van der Waals surface area (Å²) < 4.78 is 318. The van der Waals surface area contributed by atoms with Crippen molar-refractivity contribution in [2.24, 2.45) is 0 Å². The van der Waals surface area contributed by atoms with Crippen LogP contribution in [0.3, 0.4) is 0 Å². The topological polar surface area (TPSA) is 52.6 Å². The average molecular weight is 774 g/mol. The second kappa shape index (κ2) is 13.9. The molecule has 286 valence electrons. The average Bonchev–Trinajstić information content (AvgIpc) is 2.88. The van der Waals surface area contributed by atoms with E-state index in [0.717, 1.165) is 0 Å². The number of hydrogen-bond donors (Lipinski definition) is 0. The number of halogens is 24. The zero-order valence-electron chi connectivity index (χ0n) is 22.1. The van der Waals surface area contributed by atoms with Gasteiger partial charge in [-0.1, -0.05) is 0 Å². The van der Waals surface area contributed by atoms with Gasteiger partial charge in [0.05, 0.1) is 0 Å². The van der Waals surface area contributed by atoms with Crippen LogP contribution < -0.4 is 0 Å². The van der Waals surface area contributed by atoms with E-state index in [9.17, 15) is 115 Å². The molecule has 0 aliphatic carbocycles. The molecule has 0 saturated carbocycles. The summed E-state index contributed by atoms with van der Waals surface area (Å²) >= 11 is 0. The van der Waals surface area contributed by atoms with Crippen molar-refractivity contribution in [3.8, 4) is 0 Å². The van der Waals surface area contributed by atoms with Crippen molar-refractivity contribution in [2.75, 3.05) is 0 Å². The number of hydrogen-bond acceptors (Lipinski definition) is 4. The summed E-state index contributed by atoms with van der Waals surface area (Å²) in [5.41, 5.74) is 0. The fourth-order valence-corrected chi connectivity index (χ4v) is 2.97. The first-order chi connectivity index (χ1) is 20.8. The molecule has 0 heterocycles. The van der Waals surface area contributed by atoms with Crippen molar-refractivity contribution in [2.45, 2.75) is 111 Å². The molecule has 0 spiro atoms. The molecule has 0 N–H and O–H groups in total. The molecule has 0 amide bonds. The summed E-state index contributed by atoms with van der Waals surface area (Å²) in [5, 5.41) is 0. The maximum absolute atomic E-state index is 13.7. The van der Waals surface area contributed by atoms with Crippen LogP contribution in [-0.4, -0.2) is 84.0 Å². The van der Waals surface area contributed by atoms with E-state index >= 15 is 0 Å². The maximum Gasteiger partial charge on any atom is 0.431 e. The molecule has 0 bridgehead atoms. The van der Waals surface area contributed by atoms with E-state index in [1.54, 1.807) is 0 Å². The van der Waals surface area contributed by atoms with E-state index in [4.69, 9.17) is 0 Å². The highest BCUT2D eigenvalue weighted by Gasteiger charge is 2.86. The highest BCUT2D eigenvalue weighted by atomic mass is 19.4. The van der Waals surface area contributed by atoms with Crippen molar-refractivity contribution in [1.29, 1.82) is 0 Å². The maximum atomic E-state index is 13.7. The highest BCUT2D eigenvalue weighted by Crippen LogP contribution is 2.56. The Balaban J connectivity index is 6.04. The first-order valence-corrected chi connectivity index (χ1v) is 11.7. The van der Waals surface area contributed by atoms with Crippen molar-refractivity contribution < 1.29 is 125 Å². The van der Waals surface area contributed by atoms with Gasteiger partial charge in [-0.2, -0.15) is 96.6 Å². The largest absolute Gasteiger partial charge is 0.431 e. The Morgan fingerprint density at radius 1 is 0.417 bits per heavy atom. The van der Waals surface area contributed by atoms with Crippen molar-refractivity contribution in [3.05, 3.63) is 0 Å². The number of carbonyl (C=O) groups excluding carboxylic acids is 2. The smallest absolute Gasteiger partial charge is 0.241 e. The van der Waals surface area contributed by atoms with E-state index in [0.29, 0.717) is 0 Å². The summed E-state index contributed by atoms with van der Waals surface area (Å²) in [5.74, 6) is -70.9.